The Morgan fingerprint density at radius 3 is 2.10 bits per heavy atom. The molecule has 1 saturated carbocycles. The summed E-state index contributed by atoms with van der Waals surface area (Å²) in [6.45, 7) is 4.71. The fourth-order valence-corrected chi connectivity index (χ4v) is 3.51. The smallest absolute Gasteiger partial charge is 0.310 e. The van der Waals surface area contributed by atoms with Crippen molar-refractivity contribution in [3.63, 3.8) is 0 Å². The van der Waals surface area contributed by atoms with Crippen LogP contribution in [-0.4, -0.2) is 17.6 Å². The Morgan fingerprint density at radius 1 is 1.20 bits per heavy atom. The number of carboxylic acid groups (broad SMARTS) is 1. The largest absolute Gasteiger partial charge is 0.481 e. The van der Waals surface area contributed by atoms with Crippen LogP contribution in [0.2, 0.25) is 0 Å². The lowest BCUT2D eigenvalue weighted by Crippen LogP contribution is -2.38. The lowest BCUT2D eigenvalue weighted by atomic mass is 9.70. The summed E-state index contributed by atoms with van der Waals surface area (Å²) >= 11 is 0. The second-order valence-electron chi connectivity index (χ2n) is 6.28. The van der Waals surface area contributed by atoms with Crippen LogP contribution in [-0.2, 0) is 4.79 Å². The van der Waals surface area contributed by atoms with Crippen LogP contribution in [0, 0.1) is 5.41 Å². The van der Waals surface area contributed by atoms with Gasteiger partial charge < -0.3 is 10.8 Å². The number of carbonyl (C=O) groups is 1. The van der Waals surface area contributed by atoms with Crippen LogP contribution in [0.4, 0.5) is 0 Å². The second kappa shape index (κ2) is 5.96. The molecule has 3 nitrogen and oxygen atoms in total. The van der Waals surface area contributed by atoms with E-state index in [9.17, 15) is 9.90 Å². The highest BCUT2D eigenvalue weighted by Crippen LogP contribution is 2.48. The highest BCUT2D eigenvalue weighted by Gasteiger charge is 2.47. The van der Waals surface area contributed by atoms with Crippen LogP contribution in [0.1, 0.15) is 62.5 Å². The molecule has 3 heteroatoms. The zero-order chi connectivity index (χ0) is 14.8. The molecule has 0 amide bonds. The van der Waals surface area contributed by atoms with Gasteiger partial charge in [-0.3, -0.25) is 4.79 Å². The Balaban J connectivity index is 2.33. The summed E-state index contributed by atoms with van der Waals surface area (Å²) in [7, 11) is 0. The van der Waals surface area contributed by atoms with Crippen molar-refractivity contribution in [1.82, 2.24) is 0 Å². The maximum atomic E-state index is 11.8. The van der Waals surface area contributed by atoms with Gasteiger partial charge in [0.2, 0.25) is 0 Å². The van der Waals surface area contributed by atoms with Crippen molar-refractivity contribution < 1.29 is 9.90 Å². The van der Waals surface area contributed by atoms with Gasteiger partial charge in [0.1, 0.15) is 0 Å². The molecular formula is C17H25NO2. The third kappa shape index (κ3) is 2.59. The van der Waals surface area contributed by atoms with E-state index in [0.717, 1.165) is 31.2 Å². The maximum Gasteiger partial charge on any atom is 0.310 e. The first-order valence-corrected chi connectivity index (χ1v) is 7.54. The fraction of sp³-hybridized carbons (Fsp3) is 0.588. The van der Waals surface area contributed by atoms with Gasteiger partial charge in [-0.25, -0.2) is 0 Å². The van der Waals surface area contributed by atoms with E-state index in [-0.39, 0.29) is 5.92 Å². The van der Waals surface area contributed by atoms with Crippen molar-refractivity contribution in [2.75, 3.05) is 6.54 Å². The van der Waals surface area contributed by atoms with Crippen molar-refractivity contribution >= 4 is 5.97 Å². The Morgan fingerprint density at radius 2 is 1.70 bits per heavy atom. The van der Waals surface area contributed by atoms with E-state index in [0.29, 0.717) is 12.5 Å². The molecule has 2 rings (SSSR count). The Labute approximate surface area is 121 Å². The number of rotatable bonds is 5. The van der Waals surface area contributed by atoms with Gasteiger partial charge in [0.05, 0.1) is 5.41 Å². The first-order valence-electron chi connectivity index (χ1n) is 7.54. The van der Waals surface area contributed by atoms with E-state index in [1.165, 1.54) is 5.56 Å². The molecule has 0 radical (unpaired) electrons. The van der Waals surface area contributed by atoms with Gasteiger partial charge in [-0.15, -0.1) is 0 Å². The van der Waals surface area contributed by atoms with Crippen molar-refractivity contribution in [1.29, 1.82) is 0 Å². The average molecular weight is 275 g/mol. The SMILES string of the molecule is CC(C)c1ccc([C@H](CN)C2(C(=O)O)CCCC2)cc1. The number of nitrogens with two attached hydrogens (primary N) is 1. The highest BCUT2D eigenvalue weighted by atomic mass is 16.4. The standard InChI is InChI=1S/C17H25NO2/c1-12(2)13-5-7-14(8-6-13)15(11-18)17(16(19)20)9-3-4-10-17/h5-8,12,15H,3-4,9-11,18H2,1-2H3,(H,19,20)/t15-/m0/s1. The van der Waals surface area contributed by atoms with E-state index in [1.54, 1.807) is 0 Å². The van der Waals surface area contributed by atoms with E-state index in [4.69, 9.17) is 5.73 Å². The van der Waals surface area contributed by atoms with E-state index in [2.05, 4.69) is 38.1 Å². The molecule has 110 valence electrons. The second-order valence-corrected chi connectivity index (χ2v) is 6.28. The lowest BCUT2D eigenvalue weighted by molar-refractivity contribution is -0.150. The van der Waals surface area contributed by atoms with Crippen LogP contribution in [0.15, 0.2) is 24.3 Å². The summed E-state index contributed by atoms with van der Waals surface area (Å²) in [4.78, 5) is 11.8. The maximum absolute atomic E-state index is 11.8. The number of benzene rings is 1. The number of hydrogen-bond donors (Lipinski definition) is 2. The number of aliphatic carboxylic acids is 1. The van der Waals surface area contributed by atoms with Crippen LogP contribution in [0.5, 0.6) is 0 Å². The number of carboxylic acids is 1. The highest BCUT2D eigenvalue weighted by molar-refractivity contribution is 5.76. The average Bonchev–Trinajstić information content (AvgIpc) is 2.91. The van der Waals surface area contributed by atoms with Crippen LogP contribution in [0.3, 0.4) is 0 Å². The van der Waals surface area contributed by atoms with E-state index < -0.39 is 11.4 Å². The molecule has 0 spiro atoms. The minimum Gasteiger partial charge on any atom is -0.481 e. The third-order valence-corrected chi connectivity index (χ3v) is 4.83. The van der Waals surface area contributed by atoms with Crippen molar-refractivity contribution in [2.45, 2.75) is 51.4 Å². The molecule has 0 aliphatic heterocycles. The monoisotopic (exact) mass is 275 g/mol. The molecule has 1 aromatic carbocycles. The molecule has 3 N–H and O–H groups in total. The van der Waals surface area contributed by atoms with Gasteiger partial charge in [-0.2, -0.15) is 0 Å². The van der Waals surface area contributed by atoms with Crippen molar-refractivity contribution in [3.05, 3.63) is 35.4 Å². The molecule has 0 bridgehead atoms. The Bertz CT molecular complexity index is 458. The van der Waals surface area contributed by atoms with Crippen LogP contribution < -0.4 is 5.73 Å². The topological polar surface area (TPSA) is 63.3 Å². The predicted octanol–water partition coefficient (Wildman–Crippen LogP) is 3.50. The van der Waals surface area contributed by atoms with E-state index >= 15 is 0 Å². The molecule has 1 aliphatic carbocycles. The molecule has 0 unspecified atom stereocenters. The minimum atomic E-state index is -0.682. The molecule has 1 aliphatic rings. The van der Waals surface area contributed by atoms with Gasteiger partial charge in [0, 0.05) is 12.5 Å². The Kier molecular flexibility index (Phi) is 4.48. The molecule has 1 fully saturated rings. The zero-order valence-corrected chi connectivity index (χ0v) is 12.4. The van der Waals surface area contributed by atoms with Gasteiger partial charge >= 0.3 is 5.97 Å². The summed E-state index contributed by atoms with van der Waals surface area (Å²) in [5.41, 5.74) is 7.63. The van der Waals surface area contributed by atoms with E-state index in [1.807, 2.05) is 0 Å². The molecule has 20 heavy (non-hydrogen) atoms. The fourth-order valence-electron chi connectivity index (χ4n) is 3.51. The minimum absolute atomic E-state index is 0.0799. The number of hydrogen-bond acceptors (Lipinski definition) is 2. The summed E-state index contributed by atoms with van der Waals surface area (Å²) in [5, 5.41) is 9.71. The molecule has 0 heterocycles. The first-order chi connectivity index (χ1) is 9.51. The normalized spacial score (nSPS) is 19.2. The predicted molar refractivity (Wildman–Crippen MR) is 80.9 cm³/mol. The Hall–Kier alpha value is -1.35. The molecule has 1 aromatic rings. The summed E-state index contributed by atoms with van der Waals surface area (Å²) in [6, 6.07) is 8.34. The van der Waals surface area contributed by atoms with Crippen LogP contribution >= 0.6 is 0 Å². The molecule has 0 saturated heterocycles. The van der Waals surface area contributed by atoms with Crippen molar-refractivity contribution in [2.24, 2.45) is 11.1 Å². The molecule has 1 atom stereocenters. The first kappa shape index (κ1) is 15.0. The van der Waals surface area contributed by atoms with Gasteiger partial charge in [0.25, 0.3) is 0 Å². The van der Waals surface area contributed by atoms with Gasteiger partial charge in [-0.1, -0.05) is 51.0 Å². The third-order valence-electron chi connectivity index (χ3n) is 4.83. The quantitative estimate of drug-likeness (QED) is 0.864. The lowest BCUT2D eigenvalue weighted by Gasteiger charge is -2.33. The summed E-state index contributed by atoms with van der Waals surface area (Å²) < 4.78 is 0. The molecular weight excluding hydrogens is 250 g/mol. The van der Waals surface area contributed by atoms with Crippen molar-refractivity contribution in [3.8, 4) is 0 Å². The molecule has 0 aromatic heterocycles. The van der Waals surface area contributed by atoms with Gasteiger partial charge in [-0.05, 0) is 29.9 Å². The summed E-state index contributed by atoms with van der Waals surface area (Å²) in [5.74, 6) is -0.276. The summed E-state index contributed by atoms with van der Waals surface area (Å²) in [6.07, 6.45) is 3.48. The van der Waals surface area contributed by atoms with Gasteiger partial charge in [0.15, 0.2) is 0 Å². The van der Waals surface area contributed by atoms with Crippen LogP contribution in [0.25, 0.3) is 0 Å². The zero-order valence-electron chi connectivity index (χ0n) is 12.4.